The van der Waals surface area contributed by atoms with Gasteiger partial charge in [-0.15, -0.1) is 0 Å². The molecule has 2 N–H and O–H groups in total. The Kier molecular flexibility index (Phi) is 3.56. The molecular weight excluding hydrogens is 224 g/mol. The third kappa shape index (κ3) is 2.19. The van der Waals surface area contributed by atoms with Crippen molar-refractivity contribution in [1.82, 2.24) is 0 Å². The predicted molar refractivity (Wildman–Crippen MR) is 74.0 cm³/mol. The molecule has 2 nitrogen and oxygen atoms in total. The van der Waals surface area contributed by atoms with Crippen LogP contribution in [0.4, 0.5) is 0 Å². The molecule has 18 heavy (non-hydrogen) atoms. The van der Waals surface area contributed by atoms with E-state index in [-0.39, 0.29) is 0 Å². The Morgan fingerprint density at radius 2 is 1.56 bits per heavy atom. The summed E-state index contributed by atoms with van der Waals surface area (Å²) in [5.74, 6) is 0.608. The summed E-state index contributed by atoms with van der Waals surface area (Å²) in [6.07, 6.45) is 1.64. The molecular formula is C16H18O2. The van der Waals surface area contributed by atoms with Crippen LogP contribution in [-0.2, 0) is 12.8 Å². The highest BCUT2D eigenvalue weighted by molar-refractivity contribution is 5.74. The number of phenols is 2. The van der Waals surface area contributed by atoms with E-state index in [0.717, 1.165) is 35.1 Å². The van der Waals surface area contributed by atoms with E-state index in [1.165, 1.54) is 0 Å². The van der Waals surface area contributed by atoms with Crippen molar-refractivity contribution in [3.63, 3.8) is 0 Å². The molecule has 2 rings (SSSR count). The Balaban J connectivity index is 2.61. The van der Waals surface area contributed by atoms with Crippen LogP contribution in [0.1, 0.15) is 25.0 Å². The topological polar surface area (TPSA) is 40.5 Å². The van der Waals surface area contributed by atoms with E-state index < -0.39 is 0 Å². The molecule has 0 unspecified atom stereocenters. The molecule has 0 atom stereocenters. The van der Waals surface area contributed by atoms with E-state index in [4.69, 9.17) is 0 Å². The van der Waals surface area contributed by atoms with Gasteiger partial charge < -0.3 is 10.2 Å². The predicted octanol–water partition coefficient (Wildman–Crippen LogP) is 3.89. The molecule has 2 heteroatoms. The lowest BCUT2D eigenvalue weighted by Gasteiger charge is -2.12. The summed E-state index contributed by atoms with van der Waals surface area (Å²) in [4.78, 5) is 0. The fourth-order valence-electron chi connectivity index (χ4n) is 2.24. The summed E-state index contributed by atoms with van der Waals surface area (Å²) in [7, 11) is 0. The standard InChI is InChI=1S/C16H18O2/c1-3-11-6-5-7-15(18)16(11)13-8-9-14(17)12(4-2)10-13/h5-10,17-18H,3-4H2,1-2H3. The van der Waals surface area contributed by atoms with Gasteiger partial charge in [-0.1, -0.05) is 32.0 Å². The van der Waals surface area contributed by atoms with Gasteiger partial charge in [-0.05, 0) is 47.7 Å². The average Bonchev–Trinajstić information content (AvgIpc) is 2.39. The highest BCUT2D eigenvalue weighted by Gasteiger charge is 2.10. The van der Waals surface area contributed by atoms with Crippen LogP contribution in [0.2, 0.25) is 0 Å². The van der Waals surface area contributed by atoms with Gasteiger partial charge in [0.1, 0.15) is 11.5 Å². The van der Waals surface area contributed by atoms with Crippen LogP contribution in [0.15, 0.2) is 36.4 Å². The minimum atomic E-state index is 0.294. The molecule has 0 aliphatic heterocycles. The second-order valence-electron chi connectivity index (χ2n) is 4.36. The van der Waals surface area contributed by atoms with Gasteiger partial charge in [-0.3, -0.25) is 0 Å². The summed E-state index contributed by atoms with van der Waals surface area (Å²) in [5.41, 5.74) is 3.84. The van der Waals surface area contributed by atoms with Crippen LogP contribution < -0.4 is 0 Å². The van der Waals surface area contributed by atoms with E-state index in [9.17, 15) is 10.2 Å². The van der Waals surface area contributed by atoms with Crippen molar-refractivity contribution in [3.8, 4) is 22.6 Å². The largest absolute Gasteiger partial charge is 0.508 e. The van der Waals surface area contributed by atoms with Gasteiger partial charge >= 0.3 is 0 Å². The minimum absolute atomic E-state index is 0.294. The number of aryl methyl sites for hydroxylation is 2. The maximum Gasteiger partial charge on any atom is 0.123 e. The molecule has 0 aliphatic carbocycles. The van der Waals surface area contributed by atoms with Gasteiger partial charge in [0.15, 0.2) is 0 Å². The highest BCUT2D eigenvalue weighted by Crippen LogP contribution is 2.35. The number of hydrogen-bond donors (Lipinski definition) is 2. The smallest absolute Gasteiger partial charge is 0.123 e. The van der Waals surface area contributed by atoms with Crippen LogP contribution in [0.3, 0.4) is 0 Å². The zero-order chi connectivity index (χ0) is 13.1. The molecule has 2 aromatic rings. The van der Waals surface area contributed by atoms with Crippen LogP contribution in [0.5, 0.6) is 11.5 Å². The van der Waals surface area contributed by atoms with Crippen LogP contribution in [-0.4, -0.2) is 10.2 Å². The van der Waals surface area contributed by atoms with Crippen molar-refractivity contribution >= 4 is 0 Å². The summed E-state index contributed by atoms with van der Waals surface area (Å²) in [6, 6.07) is 11.1. The van der Waals surface area contributed by atoms with Crippen molar-refractivity contribution in [3.05, 3.63) is 47.5 Å². The van der Waals surface area contributed by atoms with Crippen molar-refractivity contribution in [2.45, 2.75) is 26.7 Å². The lowest BCUT2D eigenvalue weighted by Crippen LogP contribution is -1.90. The quantitative estimate of drug-likeness (QED) is 0.857. The summed E-state index contributed by atoms with van der Waals surface area (Å²) >= 11 is 0. The van der Waals surface area contributed by atoms with Gasteiger partial charge in [-0.25, -0.2) is 0 Å². The van der Waals surface area contributed by atoms with E-state index in [2.05, 4.69) is 6.92 Å². The lowest BCUT2D eigenvalue weighted by atomic mass is 9.95. The molecule has 0 bridgehead atoms. The lowest BCUT2D eigenvalue weighted by molar-refractivity contribution is 0.468. The van der Waals surface area contributed by atoms with Crippen molar-refractivity contribution in [1.29, 1.82) is 0 Å². The number of hydrogen-bond acceptors (Lipinski definition) is 2. The Bertz CT molecular complexity index is 559. The first-order valence-electron chi connectivity index (χ1n) is 6.30. The summed E-state index contributed by atoms with van der Waals surface area (Å²) in [5, 5.41) is 19.8. The second kappa shape index (κ2) is 5.13. The number of phenolic OH excluding ortho intramolecular Hbond substituents is 2. The first-order valence-corrected chi connectivity index (χ1v) is 6.30. The summed E-state index contributed by atoms with van der Waals surface area (Å²) < 4.78 is 0. The van der Waals surface area contributed by atoms with Crippen molar-refractivity contribution in [2.75, 3.05) is 0 Å². The molecule has 94 valence electrons. The normalized spacial score (nSPS) is 10.6. The molecule has 0 fully saturated rings. The van der Waals surface area contributed by atoms with E-state index in [0.29, 0.717) is 11.5 Å². The fraction of sp³-hybridized carbons (Fsp3) is 0.250. The number of rotatable bonds is 3. The molecule has 0 amide bonds. The molecule has 0 aromatic heterocycles. The molecule has 0 saturated carbocycles. The molecule has 0 spiro atoms. The zero-order valence-corrected chi connectivity index (χ0v) is 10.8. The first kappa shape index (κ1) is 12.5. The van der Waals surface area contributed by atoms with Gasteiger partial charge in [0, 0.05) is 5.56 Å². The third-order valence-electron chi connectivity index (χ3n) is 3.26. The molecule has 0 radical (unpaired) electrons. The van der Waals surface area contributed by atoms with Gasteiger partial charge in [-0.2, -0.15) is 0 Å². The SMILES string of the molecule is CCc1cc(-c2c(O)cccc2CC)ccc1O. The van der Waals surface area contributed by atoms with Crippen LogP contribution in [0.25, 0.3) is 11.1 Å². The average molecular weight is 242 g/mol. The molecule has 0 heterocycles. The molecule has 0 aliphatic rings. The maximum atomic E-state index is 10.0. The van der Waals surface area contributed by atoms with Gasteiger partial charge in [0.25, 0.3) is 0 Å². The van der Waals surface area contributed by atoms with Crippen molar-refractivity contribution < 1.29 is 10.2 Å². The van der Waals surface area contributed by atoms with E-state index >= 15 is 0 Å². The highest BCUT2D eigenvalue weighted by atomic mass is 16.3. The summed E-state index contributed by atoms with van der Waals surface area (Å²) in [6.45, 7) is 4.07. The molecule has 0 saturated heterocycles. The fourth-order valence-corrected chi connectivity index (χ4v) is 2.24. The first-order chi connectivity index (χ1) is 8.67. The Morgan fingerprint density at radius 1 is 0.833 bits per heavy atom. The van der Waals surface area contributed by atoms with Crippen LogP contribution in [0, 0.1) is 0 Å². The Labute approximate surface area is 108 Å². The monoisotopic (exact) mass is 242 g/mol. The number of aromatic hydroxyl groups is 2. The van der Waals surface area contributed by atoms with Gasteiger partial charge in [0.2, 0.25) is 0 Å². The molecule has 2 aromatic carbocycles. The maximum absolute atomic E-state index is 10.0. The Hall–Kier alpha value is -1.96. The van der Waals surface area contributed by atoms with E-state index in [1.807, 2.05) is 31.2 Å². The zero-order valence-electron chi connectivity index (χ0n) is 10.8. The van der Waals surface area contributed by atoms with Crippen molar-refractivity contribution in [2.24, 2.45) is 0 Å². The third-order valence-corrected chi connectivity index (χ3v) is 3.26. The number of benzene rings is 2. The second-order valence-corrected chi connectivity index (χ2v) is 4.36. The Morgan fingerprint density at radius 3 is 2.22 bits per heavy atom. The van der Waals surface area contributed by atoms with Gasteiger partial charge in [0.05, 0.1) is 0 Å². The van der Waals surface area contributed by atoms with Crippen LogP contribution >= 0.6 is 0 Å². The minimum Gasteiger partial charge on any atom is -0.508 e. The van der Waals surface area contributed by atoms with E-state index in [1.54, 1.807) is 12.1 Å².